The first-order valence-electron chi connectivity index (χ1n) is 6.82. The molecule has 2 aromatic rings. The summed E-state index contributed by atoms with van der Waals surface area (Å²) in [4.78, 5) is 16.2. The maximum absolute atomic E-state index is 12.4. The van der Waals surface area contributed by atoms with Gasteiger partial charge in [-0.3, -0.25) is 9.79 Å². The van der Waals surface area contributed by atoms with E-state index in [-0.39, 0.29) is 11.5 Å². The van der Waals surface area contributed by atoms with Crippen LogP contribution in [0.3, 0.4) is 0 Å². The van der Waals surface area contributed by atoms with Crippen molar-refractivity contribution in [1.82, 2.24) is 0 Å². The number of ketones is 1. The fourth-order valence-electron chi connectivity index (χ4n) is 2.29. The summed E-state index contributed by atoms with van der Waals surface area (Å²) in [7, 11) is -4.33. The number of rotatable bonds is 4. The van der Waals surface area contributed by atoms with Crippen LogP contribution in [0.5, 0.6) is 11.5 Å². The summed E-state index contributed by atoms with van der Waals surface area (Å²) in [5.41, 5.74) is 0.668. The molecule has 1 heterocycles. The Hall–Kier alpha value is -2.67. The van der Waals surface area contributed by atoms with E-state index in [4.69, 9.17) is 4.18 Å². The van der Waals surface area contributed by atoms with Crippen molar-refractivity contribution in [2.24, 2.45) is 4.99 Å². The Balaban J connectivity index is 1.84. The summed E-state index contributed by atoms with van der Waals surface area (Å²) in [6, 6.07) is 14.4. The normalized spacial score (nSPS) is 20.6. The number of aromatic hydroxyl groups is 1. The predicted octanol–water partition coefficient (Wildman–Crippen LogP) is 1.86. The third-order valence-corrected chi connectivity index (χ3v) is 4.74. The van der Waals surface area contributed by atoms with Gasteiger partial charge in [0, 0.05) is 6.21 Å². The van der Waals surface area contributed by atoms with Crippen LogP contribution >= 0.6 is 0 Å². The van der Waals surface area contributed by atoms with Gasteiger partial charge in [0.1, 0.15) is 0 Å². The van der Waals surface area contributed by atoms with E-state index in [0.717, 1.165) is 0 Å². The molecule has 0 aromatic heterocycles. The number of phenolic OH excluding ortho intramolecular Hbond substituents is 1. The van der Waals surface area contributed by atoms with Crippen molar-refractivity contribution < 1.29 is 22.5 Å². The van der Waals surface area contributed by atoms with Crippen LogP contribution in [0.1, 0.15) is 11.5 Å². The van der Waals surface area contributed by atoms with Crippen molar-refractivity contribution in [3.05, 3.63) is 60.2 Å². The molecule has 0 saturated carbocycles. The number of Topliss-reactive ketones (excluding diaryl/α,β-unsaturated/α-hetero) is 1. The van der Waals surface area contributed by atoms with E-state index < -0.39 is 27.2 Å². The van der Waals surface area contributed by atoms with Gasteiger partial charge in [-0.2, -0.15) is 8.42 Å². The van der Waals surface area contributed by atoms with Crippen LogP contribution in [-0.4, -0.2) is 30.9 Å². The van der Waals surface area contributed by atoms with Crippen molar-refractivity contribution in [2.45, 2.75) is 11.3 Å². The molecule has 118 valence electrons. The molecule has 1 aliphatic rings. The molecule has 0 spiro atoms. The lowest BCUT2D eigenvalue weighted by Crippen LogP contribution is -2.31. The van der Waals surface area contributed by atoms with Gasteiger partial charge in [0.25, 0.3) is 0 Å². The van der Waals surface area contributed by atoms with Crippen LogP contribution in [0.2, 0.25) is 0 Å². The van der Waals surface area contributed by atoms with Gasteiger partial charge in [-0.1, -0.05) is 42.5 Å². The van der Waals surface area contributed by atoms with Crippen LogP contribution in [0.4, 0.5) is 0 Å². The Bertz CT molecular complexity index is 861. The summed E-state index contributed by atoms with van der Waals surface area (Å²) >= 11 is 0. The second kappa shape index (κ2) is 5.85. The molecule has 0 bridgehead atoms. The van der Waals surface area contributed by atoms with Crippen molar-refractivity contribution in [1.29, 1.82) is 0 Å². The molecule has 23 heavy (non-hydrogen) atoms. The molecule has 0 amide bonds. The minimum absolute atomic E-state index is 0.237. The largest absolute Gasteiger partial charge is 0.504 e. The van der Waals surface area contributed by atoms with Crippen LogP contribution in [0, 0.1) is 0 Å². The molecule has 0 saturated heterocycles. The molecule has 2 aromatic carbocycles. The Kier molecular flexibility index (Phi) is 3.87. The second-order valence-corrected chi connectivity index (χ2v) is 6.58. The van der Waals surface area contributed by atoms with Crippen molar-refractivity contribution in [2.75, 3.05) is 0 Å². The van der Waals surface area contributed by atoms with E-state index in [0.29, 0.717) is 5.56 Å². The fraction of sp³-hybridized carbons (Fsp3) is 0.125. The van der Waals surface area contributed by atoms with Crippen LogP contribution in [0.25, 0.3) is 0 Å². The summed E-state index contributed by atoms with van der Waals surface area (Å²) in [6.45, 7) is 0. The van der Waals surface area contributed by atoms with Gasteiger partial charge in [0.05, 0.1) is 5.92 Å². The standard InChI is InChI=1S/C16H13NO5S/c18-13-8-4-5-9-14(13)22-23(20,21)16-15(19)12(10-17-16)11-6-2-1-3-7-11/h1-10,12,16,18H. The summed E-state index contributed by atoms with van der Waals surface area (Å²) in [5, 5.41) is 7.97. The Labute approximate surface area is 133 Å². The topological polar surface area (TPSA) is 93.0 Å². The molecule has 0 radical (unpaired) electrons. The highest BCUT2D eigenvalue weighted by Crippen LogP contribution is 2.30. The Morgan fingerprint density at radius 1 is 1.00 bits per heavy atom. The molecule has 2 atom stereocenters. The SMILES string of the molecule is O=C1C(c2ccccc2)C=NC1S(=O)(=O)Oc1ccccc1O. The van der Waals surface area contributed by atoms with E-state index in [1.54, 1.807) is 30.3 Å². The molecule has 7 heteroatoms. The van der Waals surface area contributed by atoms with Crippen molar-refractivity contribution in [3.8, 4) is 11.5 Å². The second-order valence-electron chi connectivity index (χ2n) is 4.99. The average Bonchev–Trinajstić information content (AvgIpc) is 2.93. The first-order chi connectivity index (χ1) is 11.0. The minimum atomic E-state index is -4.33. The van der Waals surface area contributed by atoms with E-state index in [2.05, 4.69) is 4.99 Å². The van der Waals surface area contributed by atoms with Crippen LogP contribution in [0.15, 0.2) is 59.6 Å². The lowest BCUT2D eigenvalue weighted by atomic mass is 9.98. The zero-order chi connectivity index (χ0) is 16.4. The van der Waals surface area contributed by atoms with E-state index >= 15 is 0 Å². The molecule has 2 unspecified atom stereocenters. The van der Waals surface area contributed by atoms with Gasteiger partial charge in [-0.25, -0.2) is 0 Å². The molecule has 0 aliphatic carbocycles. The van der Waals surface area contributed by atoms with E-state index in [1.807, 2.05) is 0 Å². The van der Waals surface area contributed by atoms with Crippen molar-refractivity contribution in [3.63, 3.8) is 0 Å². The van der Waals surface area contributed by atoms with Gasteiger partial charge in [0.2, 0.25) is 5.37 Å². The quantitative estimate of drug-likeness (QED) is 0.863. The zero-order valence-electron chi connectivity index (χ0n) is 11.9. The lowest BCUT2D eigenvalue weighted by Gasteiger charge is -2.12. The summed E-state index contributed by atoms with van der Waals surface area (Å²) < 4.78 is 29.4. The molecule has 1 aliphatic heterocycles. The number of hydrogen-bond acceptors (Lipinski definition) is 6. The monoisotopic (exact) mass is 331 g/mol. The number of para-hydroxylation sites is 2. The average molecular weight is 331 g/mol. The first kappa shape index (κ1) is 15.2. The highest BCUT2D eigenvalue weighted by atomic mass is 32.2. The molecule has 3 rings (SSSR count). The van der Waals surface area contributed by atoms with Crippen LogP contribution in [-0.2, 0) is 14.9 Å². The number of aliphatic imine (C=N–C) groups is 1. The summed E-state index contributed by atoms with van der Waals surface area (Å²) in [5.74, 6) is -1.86. The molecule has 1 N–H and O–H groups in total. The predicted molar refractivity (Wildman–Crippen MR) is 84.1 cm³/mol. The smallest absolute Gasteiger partial charge is 0.340 e. The van der Waals surface area contributed by atoms with E-state index in [9.17, 15) is 18.3 Å². The Morgan fingerprint density at radius 3 is 2.35 bits per heavy atom. The number of nitrogens with zero attached hydrogens (tertiary/aromatic N) is 1. The maximum Gasteiger partial charge on any atom is 0.340 e. The zero-order valence-corrected chi connectivity index (χ0v) is 12.7. The molecule has 6 nitrogen and oxygen atoms in total. The highest BCUT2D eigenvalue weighted by molar-refractivity contribution is 7.88. The van der Waals surface area contributed by atoms with Gasteiger partial charge in [-0.15, -0.1) is 0 Å². The molecule has 0 fully saturated rings. The maximum atomic E-state index is 12.4. The highest BCUT2D eigenvalue weighted by Gasteiger charge is 2.42. The third kappa shape index (κ3) is 2.95. The number of carbonyl (C=O) groups excluding carboxylic acids is 1. The summed E-state index contributed by atoms with van der Waals surface area (Å²) in [6.07, 6.45) is 1.31. The van der Waals surface area contributed by atoms with Gasteiger partial charge in [-0.05, 0) is 17.7 Å². The first-order valence-corrected chi connectivity index (χ1v) is 8.29. The number of phenols is 1. The Morgan fingerprint density at radius 2 is 1.65 bits per heavy atom. The van der Waals surface area contributed by atoms with Gasteiger partial charge >= 0.3 is 10.1 Å². The van der Waals surface area contributed by atoms with E-state index in [1.165, 1.54) is 30.5 Å². The fourth-order valence-corrected chi connectivity index (χ4v) is 3.42. The minimum Gasteiger partial charge on any atom is -0.504 e. The lowest BCUT2D eigenvalue weighted by molar-refractivity contribution is -0.118. The van der Waals surface area contributed by atoms with Gasteiger partial charge in [0.15, 0.2) is 17.3 Å². The molecular weight excluding hydrogens is 318 g/mol. The van der Waals surface area contributed by atoms with Crippen molar-refractivity contribution >= 4 is 22.1 Å². The number of carbonyl (C=O) groups is 1. The molecular formula is C16H13NO5S. The van der Waals surface area contributed by atoms with Gasteiger partial charge < -0.3 is 9.29 Å². The van der Waals surface area contributed by atoms with Crippen LogP contribution < -0.4 is 4.18 Å². The number of hydrogen-bond donors (Lipinski definition) is 1. The third-order valence-electron chi connectivity index (χ3n) is 3.42. The number of benzene rings is 2.